The minimum Gasteiger partial charge on any atom is -0.379 e. The molecule has 0 radical (unpaired) electrons. The van der Waals surface area contributed by atoms with Crippen molar-refractivity contribution in [3.05, 3.63) is 0 Å². The molecule has 22 heavy (non-hydrogen) atoms. The number of unbranched alkanes of at least 4 members (excludes halogenated alkanes) is 6. The van der Waals surface area contributed by atoms with Crippen molar-refractivity contribution in [3.8, 4) is 0 Å². The lowest BCUT2D eigenvalue weighted by Gasteiger charge is -2.07. The molecule has 0 bridgehead atoms. The predicted octanol–water partition coefficient (Wildman–Crippen LogP) is 4.21. The lowest BCUT2D eigenvalue weighted by atomic mass is 10.2. The highest BCUT2D eigenvalue weighted by Crippen LogP contribution is 1.99. The van der Waals surface area contributed by atoms with Crippen molar-refractivity contribution in [2.24, 2.45) is 0 Å². The zero-order chi connectivity index (χ0) is 16.1. The largest absolute Gasteiger partial charge is 0.379 e. The molecule has 0 fully saturated rings. The van der Waals surface area contributed by atoms with Crippen molar-refractivity contribution in [1.29, 1.82) is 0 Å². The highest BCUT2D eigenvalue weighted by Gasteiger charge is 1.93. The summed E-state index contributed by atoms with van der Waals surface area (Å²) in [7, 11) is 0. The van der Waals surface area contributed by atoms with Crippen LogP contribution < -0.4 is 0 Å². The fourth-order valence-corrected chi connectivity index (χ4v) is 2.02. The summed E-state index contributed by atoms with van der Waals surface area (Å²) in [4.78, 5) is 0. The van der Waals surface area contributed by atoms with E-state index in [4.69, 9.17) is 18.9 Å². The fourth-order valence-electron chi connectivity index (χ4n) is 2.02. The highest BCUT2D eigenvalue weighted by atomic mass is 16.6. The summed E-state index contributed by atoms with van der Waals surface area (Å²) in [6.07, 6.45) is 10.0. The van der Waals surface area contributed by atoms with Gasteiger partial charge in [0, 0.05) is 13.2 Å². The molecule has 0 atom stereocenters. The molecule has 0 saturated carbocycles. The van der Waals surface area contributed by atoms with Crippen LogP contribution in [0.5, 0.6) is 0 Å². The Morgan fingerprint density at radius 2 is 0.682 bits per heavy atom. The molecule has 0 aromatic carbocycles. The molecule has 4 nitrogen and oxygen atoms in total. The topological polar surface area (TPSA) is 36.9 Å². The molecule has 0 rings (SSSR count). The highest BCUT2D eigenvalue weighted by molar-refractivity contribution is 4.41. The zero-order valence-electron chi connectivity index (χ0n) is 14.9. The average Bonchev–Trinajstić information content (AvgIpc) is 2.54. The van der Waals surface area contributed by atoms with Crippen molar-refractivity contribution >= 4 is 0 Å². The maximum atomic E-state index is 5.49. The average molecular weight is 318 g/mol. The Morgan fingerprint density at radius 3 is 1.00 bits per heavy atom. The number of ether oxygens (including phenoxy) is 4. The predicted molar refractivity (Wildman–Crippen MR) is 91.6 cm³/mol. The van der Waals surface area contributed by atoms with E-state index in [2.05, 4.69) is 13.8 Å². The summed E-state index contributed by atoms with van der Waals surface area (Å²) in [5.41, 5.74) is 0. The van der Waals surface area contributed by atoms with E-state index < -0.39 is 0 Å². The van der Waals surface area contributed by atoms with Gasteiger partial charge < -0.3 is 18.9 Å². The second-order valence-electron chi connectivity index (χ2n) is 5.57. The Balaban J connectivity index is 2.91. The lowest BCUT2D eigenvalue weighted by molar-refractivity contribution is -0.00247. The third kappa shape index (κ3) is 19.8. The van der Waals surface area contributed by atoms with Gasteiger partial charge in [-0.2, -0.15) is 0 Å². The summed E-state index contributed by atoms with van der Waals surface area (Å²) in [5, 5.41) is 0. The smallest absolute Gasteiger partial charge is 0.0701 e. The first-order valence-corrected chi connectivity index (χ1v) is 9.22. The van der Waals surface area contributed by atoms with E-state index in [1.54, 1.807) is 0 Å². The van der Waals surface area contributed by atoms with Crippen molar-refractivity contribution in [2.45, 2.75) is 65.2 Å². The van der Waals surface area contributed by atoms with Gasteiger partial charge in [0.1, 0.15) is 0 Å². The second-order valence-corrected chi connectivity index (χ2v) is 5.57. The van der Waals surface area contributed by atoms with Crippen LogP contribution >= 0.6 is 0 Å². The number of hydrogen-bond donors (Lipinski definition) is 0. The van der Waals surface area contributed by atoms with E-state index >= 15 is 0 Å². The third-order valence-corrected chi connectivity index (χ3v) is 3.40. The van der Waals surface area contributed by atoms with Gasteiger partial charge in [0.2, 0.25) is 0 Å². The molecular weight excluding hydrogens is 280 g/mol. The Hall–Kier alpha value is -0.160. The Bertz CT molecular complexity index is 168. The van der Waals surface area contributed by atoms with E-state index in [9.17, 15) is 0 Å². The molecule has 0 spiro atoms. The first kappa shape index (κ1) is 21.8. The molecule has 134 valence electrons. The summed E-state index contributed by atoms with van der Waals surface area (Å²) in [6.45, 7) is 10.1. The normalized spacial score (nSPS) is 11.2. The van der Waals surface area contributed by atoms with Gasteiger partial charge in [0.05, 0.1) is 39.6 Å². The van der Waals surface area contributed by atoms with Gasteiger partial charge in [0.15, 0.2) is 0 Å². The molecule has 0 aromatic heterocycles. The van der Waals surface area contributed by atoms with Gasteiger partial charge in [0.25, 0.3) is 0 Å². The minimum atomic E-state index is 0.635. The molecule has 4 heteroatoms. The second kappa shape index (κ2) is 20.8. The van der Waals surface area contributed by atoms with E-state index in [0.29, 0.717) is 39.6 Å². The maximum Gasteiger partial charge on any atom is 0.0701 e. The summed E-state index contributed by atoms with van der Waals surface area (Å²) >= 11 is 0. The van der Waals surface area contributed by atoms with E-state index in [-0.39, 0.29) is 0 Å². The van der Waals surface area contributed by atoms with Crippen molar-refractivity contribution in [2.75, 3.05) is 52.9 Å². The summed E-state index contributed by atoms with van der Waals surface area (Å²) < 4.78 is 21.9. The Morgan fingerprint density at radius 1 is 0.364 bits per heavy atom. The van der Waals surface area contributed by atoms with Crippen LogP contribution in [0.3, 0.4) is 0 Å². The molecule has 0 heterocycles. The monoisotopic (exact) mass is 318 g/mol. The molecule has 0 amide bonds. The van der Waals surface area contributed by atoms with Crippen molar-refractivity contribution in [3.63, 3.8) is 0 Å². The molecule has 0 aliphatic rings. The molecule has 0 unspecified atom stereocenters. The van der Waals surface area contributed by atoms with Crippen LogP contribution in [0.2, 0.25) is 0 Å². The summed E-state index contributed by atoms with van der Waals surface area (Å²) in [5.74, 6) is 0. The van der Waals surface area contributed by atoms with Crippen LogP contribution in [0.25, 0.3) is 0 Å². The van der Waals surface area contributed by atoms with Crippen molar-refractivity contribution < 1.29 is 18.9 Å². The van der Waals surface area contributed by atoms with Crippen LogP contribution in [0.15, 0.2) is 0 Å². The van der Waals surface area contributed by atoms with Gasteiger partial charge in [-0.05, 0) is 12.8 Å². The quantitative estimate of drug-likeness (QED) is 0.334. The van der Waals surface area contributed by atoms with E-state index in [1.165, 1.54) is 38.5 Å². The molecular formula is C18H38O4. The van der Waals surface area contributed by atoms with Gasteiger partial charge in [-0.1, -0.05) is 52.4 Å². The van der Waals surface area contributed by atoms with Crippen LogP contribution in [0, 0.1) is 0 Å². The first-order valence-electron chi connectivity index (χ1n) is 9.22. The van der Waals surface area contributed by atoms with Gasteiger partial charge >= 0.3 is 0 Å². The lowest BCUT2D eigenvalue weighted by Crippen LogP contribution is -2.12. The standard InChI is InChI=1S/C18H38O4/c1-3-5-7-9-11-19-13-15-21-17-18-22-16-14-20-12-10-8-6-4-2/h3-18H2,1-2H3. The molecule has 0 aliphatic carbocycles. The number of hydrogen-bond acceptors (Lipinski definition) is 4. The zero-order valence-corrected chi connectivity index (χ0v) is 14.9. The molecule has 0 saturated heterocycles. The molecule has 0 aliphatic heterocycles. The molecule has 0 aromatic rings. The van der Waals surface area contributed by atoms with E-state index in [0.717, 1.165) is 26.1 Å². The van der Waals surface area contributed by atoms with Crippen molar-refractivity contribution in [1.82, 2.24) is 0 Å². The number of rotatable bonds is 19. The van der Waals surface area contributed by atoms with Gasteiger partial charge in [-0.3, -0.25) is 0 Å². The van der Waals surface area contributed by atoms with Crippen LogP contribution in [-0.4, -0.2) is 52.9 Å². The maximum absolute atomic E-state index is 5.49. The van der Waals surface area contributed by atoms with Crippen LogP contribution in [-0.2, 0) is 18.9 Å². The SMILES string of the molecule is CCCCCCOCCOCCOCCOCCCCCC. The van der Waals surface area contributed by atoms with Gasteiger partial charge in [-0.15, -0.1) is 0 Å². The van der Waals surface area contributed by atoms with E-state index in [1.807, 2.05) is 0 Å². The van der Waals surface area contributed by atoms with Crippen LogP contribution in [0.4, 0.5) is 0 Å². The Kier molecular flexibility index (Phi) is 20.7. The van der Waals surface area contributed by atoms with Gasteiger partial charge in [-0.25, -0.2) is 0 Å². The molecule has 0 N–H and O–H groups in total. The first-order chi connectivity index (χ1) is 10.9. The van der Waals surface area contributed by atoms with Crippen LogP contribution in [0.1, 0.15) is 65.2 Å². The third-order valence-electron chi connectivity index (χ3n) is 3.40. The Labute approximate surface area is 137 Å². The minimum absolute atomic E-state index is 0.635. The fraction of sp³-hybridized carbons (Fsp3) is 1.00. The summed E-state index contributed by atoms with van der Waals surface area (Å²) in [6, 6.07) is 0.